The van der Waals surface area contributed by atoms with Crippen molar-refractivity contribution in [2.24, 2.45) is 0 Å². The molecule has 0 bridgehead atoms. The summed E-state index contributed by atoms with van der Waals surface area (Å²) in [6.45, 7) is 2.37. The van der Waals surface area contributed by atoms with Crippen molar-refractivity contribution in [2.45, 2.75) is 26.1 Å². The van der Waals surface area contributed by atoms with Gasteiger partial charge in [0.1, 0.15) is 0 Å². The molecule has 0 saturated heterocycles. The van der Waals surface area contributed by atoms with Crippen molar-refractivity contribution >= 4 is 26.9 Å². The minimum atomic E-state index is -3.71. The summed E-state index contributed by atoms with van der Waals surface area (Å²) in [5.74, 6) is -2.56. The SMILES string of the molecule is CC([O][Ge](=[O])[O]C(C)C(=O)O)C(=O)O. The van der Waals surface area contributed by atoms with Crippen LogP contribution in [-0.2, 0) is 20.9 Å². The summed E-state index contributed by atoms with van der Waals surface area (Å²) in [6.07, 6.45) is -2.52. The second-order valence-corrected chi connectivity index (χ2v) is 4.48. The van der Waals surface area contributed by atoms with Crippen molar-refractivity contribution in [1.29, 1.82) is 0 Å². The van der Waals surface area contributed by atoms with E-state index < -0.39 is 39.1 Å². The van der Waals surface area contributed by atoms with Gasteiger partial charge in [0.05, 0.1) is 0 Å². The molecule has 0 aliphatic carbocycles. The van der Waals surface area contributed by atoms with E-state index in [1.807, 2.05) is 0 Å². The summed E-state index contributed by atoms with van der Waals surface area (Å²) in [5.41, 5.74) is 0. The van der Waals surface area contributed by atoms with Crippen LogP contribution in [0, 0.1) is 0 Å². The fourth-order valence-corrected chi connectivity index (χ4v) is 2.17. The number of carbonyl (C=O) groups is 2. The molecule has 0 saturated carbocycles. The van der Waals surface area contributed by atoms with E-state index in [1.54, 1.807) is 0 Å². The van der Waals surface area contributed by atoms with Crippen molar-refractivity contribution in [3.8, 4) is 0 Å². The molecule has 0 aromatic carbocycles. The van der Waals surface area contributed by atoms with Crippen LogP contribution < -0.4 is 0 Å². The van der Waals surface area contributed by atoms with Crippen LogP contribution in [0.1, 0.15) is 13.8 Å². The Kier molecular flexibility index (Phi) is 5.13. The number of hydrogen-bond donors (Lipinski definition) is 2. The molecule has 0 fully saturated rings. The Morgan fingerprint density at radius 3 is 1.57 bits per heavy atom. The fourth-order valence-electron chi connectivity index (χ4n) is 0.417. The van der Waals surface area contributed by atoms with Gasteiger partial charge in [-0.05, 0) is 0 Å². The van der Waals surface area contributed by atoms with Crippen LogP contribution >= 0.6 is 0 Å². The number of carboxylic acids is 2. The van der Waals surface area contributed by atoms with Gasteiger partial charge >= 0.3 is 84.1 Å². The Bertz CT molecular complexity index is 227. The summed E-state index contributed by atoms with van der Waals surface area (Å²) >= 11 is -3.71. The third kappa shape index (κ3) is 4.80. The van der Waals surface area contributed by atoms with E-state index >= 15 is 0 Å². The zero-order chi connectivity index (χ0) is 11.3. The molecule has 14 heavy (non-hydrogen) atoms. The molecule has 7 nitrogen and oxygen atoms in total. The molecule has 0 aromatic rings. The first-order valence-corrected chi connectivity index (χ1v) is 6.24. The minimum absolute atomic E-state index is 1.18. The first-order chi connectivity index (χ1) is 6.34. The summed E-state index contributed by atoms with van der Waals surface area (Å²) < 4.78 is 19.9. The second kappa shape index (κ2) is 5.58. The van der Waals surface area contributed by atoms with Gasteiger partial charge in [0, 0.05) is 0 Å². The average molecular weight is 267 g/mol. The van der Waals surface area contributed by atoms with Gasteiger partial charge in [-0.3, -0.25) is 0 Å². The number of carboxylic acid groups (broad SMARTS) is 2. The summed E-state index contributed by atoms with van der Waals surface area (Å²) in [5, 5.41) is 16.7. The molecular formula is C6H10GeO7. The van der Waals surface area contributed by atoms with Crippen molar-refractivity contribution < 1.29 is 31.1 Å². The van der Waals surface area contributed by atoms with Crippen LogP contribution in [0.4, 0.5) is 0 Å². The van der Waals surface area contributed by atoms with Gasteiger partial charge in [-0.1, -0.05) is 0 Å². The van der Waals surface area contributed by atoms with E-state index in [0.717, 1.165) is 0 Å². The number of aliphatic carboxylic acids is 2. The molecular weight excluding hydrogens is 257 g/mol. The van der Waals surface area contributed by atoms with Crippen LogP contribution in [0.5, 0.6) is 0 Å². The number of rotatable bonds is 6. The van der Waals surface area contributed by atoms with Crippen molar-refractivity contribution in [3.05, 3.63) is 0 Å². The Hall–Kier alpha value is -1.12. The quantitative estimate of drug-likeness (QED) is 0.617. The van der Waals surface area contributed by atoms with Gasteiger partial charge in [0.2, 0.25) is 0 Å². The van der Waals surface area contributed by atoms with Crippen molar-refractivity contribution in [2.75, 3.05) is 0 Å². The van der Waals surface area contributed by atoms with E-state index in [0.29, 0.717) is 0 Å². The molecule has 2 unspecified atom stereocenters. The van der Waals surface area contributed by atoms with E-state index in [1.165, 1.54) is 13.8 Å². The first-order valence-electron chi connectivity index (χ1n) is 3.67. The molecule has 8 heteroatoms. The Morgan fingerprint density at radius 2 is 1.36 bits per heavy atom. The Labute approximate surface area is 84.6 Å². The van der Waals surface area contributed by atoms with Crippen LogP contribution in [0.3, 0.4) is 0 Å². The van der Waals surface area contributed by atoms with Gasteiger partial charge in [-0.25, -0.2) is 0 Å². The maximum absolute atomic E-state index is 11.0. The van der Waals surface area contributed by atoms with Crippen molar-refractivity contribution in [3.63, 3.8) is 0 Å². The van der Waals surface area contributed by atoms with Crippen LogP contribution in [0.2, 0.25) is 0 Å². The molecule has 0 aromatic heterocycles. The monoisotopic (exact) mass is 268 g/mol. The average Bonchev–Trinajstić information content (AvgIpc) is 2.03. The molecule has 2 N–H and O–H groups in total. The molecule has 0 radical (unpaired) electrons. The normalized spacial score (nSPS) is 13.9. The van der Waals surface area contributed by atoms with Gasteiger partial charge < -0.3 is 0 Å². The summed E-state index contributed by atoms with van der Waals surface area (Å²) in [7, 11) is 0. The maximum atomic E-state index is 11.0. The molecule has 0 amide bonds. The third-order valence-corrected chi connectivity index (χ3v) is 3.53. The Morgan fingerprint density at radius 1 is 1.07 bits per heavy atom. The molecule has 0 spiro atoms. The molecule has 80 valence electrons. The van der Waals surface area contributed by atoms with Gasteiger partial charge in [-0.15, -0.1) is 0 Å². The van der Waals surface area contributed by atoms with Crippen LogP contribution in [0.15, 0.2) is 0 Å². The van der Waals surface area contributed by atoms with Gasteiger partial charge in [0.25, 0.3) is 0 Å². The number of hydrogen-bond acceptors (Lipinski definition) is 5. The van der Waals surface area contributed by atoms with Gasteiger partial charge in [0.15, 0.2) is 0 Å². The van der Waals surface area contributed by atoms with E-state index in [2.05, 4.69) is 7.53 Å². The van der Waals surface area contributed by atoms with Gasteiger partial charge in [-0.2, -0.15) is 0 Å². The fraction of sp³-hybridized carbons (Fsp3) is 0.667. The first kappa shape index (κ1) is 12.9. The standard InChI is InChI=1S/C6H10GeO7/c1-3(5(8)9)13-7(12)14-4(2)6(10)11/h3-4H,1-2H3,(H,8,9)(H,10,11). The van der Waals surface area contributed by atoms with E-state index in [9.17, 15) is 13.4 Å². The predicted octanol–water partition coefficient (Wildman–Crippen LogP) is -0.619. The Balaban J connectivity index is 3.99. The molecule has 0 aliphatic rings. The summed E-state index contributed by atoms with van der Waals surface area (Å²) in [6, 6.07) is 0. The molecule has 0 rings (SSSR count). The molecule has 0 heterocycles. The van der Waals surface area contributed by atoms with Crippen molar-refractivity contribution in [1.82, 2.24) is 0 Å². The zero-order valence-corrected chi connectivity index (χ0v) is 9.69. The van der Waals surface area contributed by atoms with Crippen LogP contribution in [-0.4, -0.2) is 49.3 Å². The summed E-state index contributed by atoms with van der Waals surface area (Å²) in [4.78, 5) is 20.5. The van der Waals surface area contributed by atoms with Crippen LogP contribution in [0.25, 0.3) is 0 Å². The molecule has 2 atom stereocenters. The molecule has 0 aliphatic heterocycles. The van der Waals surface area contributed by atoms with E-state index in [-0.39, 0.29) is 0 Å². The van der Waals surface area contributed by atoms with E-state index in [4.69, 9.17) is 10.2 Å². The zero-order valence-electron chi connectivity index (χ0n) is 7.59. The topological polar surface area (TPSA) is 110 Å². The third-order valence-electron chi connectivity index (χ3n) is 1.24. The second-order valence-electron chi connectivity index (χ2n) is 2.45. The predicted molar refractivity (Wildman–Crippen MR) is 42.8 cm³/mol.